The number of aryl methyl sites for hydroxylation is 2. The Morgan fingerprint density at radius 1 is 0.897 bits per heavy atom. The largest absolute Gasteiger partial charge is 0.490 e. The van der Waals surface area contributed by atoms with E-state index in [1.54, 1.807) is 18.2 Å². The predicted octanol–water partition coefficient (Wildman–Crippen LogP) is 5.39. The second-order valence-electron chi connectivity index (χ2n) is 6.76. The average molecular weight is 388 g/mol. The van der Waals surface area contributed by atoms with E-state index in [0.717, 1.165) is 16.9 Å². The summed E-state index contributed by atoms with van der Waals surface area (Å²) in [5.41, 5.74) is 4.03. The number of aliphatic carboxylic acids is 1. The van der Waals surface area contributed by atoms with Gasteiger partial charge in [-0.3, -0.25) is 0 Å². The summed E-state index contributed by atoms with van der Waals surface area (Å²) < 4.78 is 11.5. The second kappa shape index (κ2) is 9.60. The molecule has 0 aliphatic carbocycles. The molecule has 0 bridgehead atoms. The standard InChI is InChI=1S/C25H24O4/c1-18-8-13-24(19(2)16-18)29-15-14-28-22-11-9-20(10-12-22)17-23(25(26)27)21-6-4-3-5-7-21/h3-13,16-17H,14-15H2,1-2H3,(H,26,27). The summed E-state index contributed by atoms with van der Waals surface area (Å²) in [5.74, 6) is 0.616. The lowest BCUT2D eigenvalue weighted by Gasteiger charge is -2.11. The van der Waals surface area contributed by atoms with Crippen LogP contribution in [0.5, 0.6) is 11.5 Å². The zero-order chi connectivity index (χ0) is 20.6. The molecule has 0 atom stereocenters. The van der Waals surface area contributed by atoms with Crippen molar-refractivity contribution in [3.63, 3.8) is 0 Å². The molecular weight excluding hydrogens is 364 g/mol. The van der Waals surface area contributed by atoms with E-state index in [9.17, 15) is 9.90 Å². The fourth-order valence-corrected chi connectivity index (χ4v) is 2.99. The summed E-state index contributed by atoms with van der Waals surface area (Å²) in [6.07, 6.45) is 1.66. The minimum atomic E-state index is -0.958. The number of carboxylic acid groups (broad SMARTS) is 1. The number of benzene rings is 3. The Morgan fingerprint density at radius 2 is 1.59 bits per heavy atom. The fraction of sp³-hybridized carbons (Fsp3) is 0.160. The lowest BCUT2D eigenvalue weighted by atomic mass is 10.0. The molecule has 3 rings (SSSR count). The molecule has 3 aromatic carbocycles. The van der Waals surface area contributed by atoms with E-state index >= 15 is 0 Å². The van der Waals surface area contributed by atoms with Crippen molar-refractivity contribution in [1.29, 1.82) is 0 Å². The van der Waals surface area contributed by atoms with E-state index in [0.29, 0.717) is 24.5 Å². The number of rotatable bonds is 8. The summed E-state index contributed by atoms with van der Waals surface area (Å²) in [6.45, 7) is 4.95. The Bertz CT molecular complexity index is 989. The predicted molar refractivity (Wildman–Crippen MR) is 115 cm³/mol. The maximum Gasteiger partial charge on any atom is 0.336 e. The van der Waals surface area contributed by atoms with Gasteiger partial charge >= 0.3 is 5.97 Å². The van der Waals surface area contributed by atoms with Gasteiger partial charge in [0.15, 0.2) is 0 Å². The quantitative estimate of drug-likeness (QED) is 0.319. The highest BCUT2D eigenvalue weighted by molar-refractivity contribution is 6.20. The molecule has 1 N–H and O–H groups in total. The molecule has 0 unspecified atom stereocenters. The lowest BCUT2D eigenvalue weighted by Crippen LogP contribution is -2.09. The lowest BCUT2D eigenvalue weighted by molar-refractivity contribution is -0.130. The maximum atomic E-state index is 11.6. The van der Waals surface area contributed by atoms with Crippen molar-refractivity contribution in [2.45, 2.75) is 13.8 Å². The van der Waals surface area contributed by atoms with E-state index in [4.69, 9.17) is 9.47 Å². The summed E-state index contributed by atoms with van der Waals surface area (Å²) in [7, 11) is 0. The van der Waals surface area contributed by atoms with Crippen molar-refractivity contribution in [2.75, 3.05) is 13.2 Å². The monoisotopic (exact) mass is 388 g/mol. The molecular formula is C25H24O4. The zero-order valence-electron chi connectivity index (χ0n) is 16.6. The van der Waals surface area contributed by atoms with E-state index in [2.05, 4.69) is 13.0 Å². The number of ether oxygens (including phenoxy) is 2. The third kappa shape index (κ3) is 5.72. The van der Waals surface area contributed by atoms with Crippen LogP contribution in [-0.2, 0) is 4.79 Å². The molecule has 0 radical (unpaired) electrons. The highest BCUT2D eigenvalue weighted by Crippen LogP contribution is 2.21. The molecule has 0 aromatic heterocycles. The molecule has 29 heavy (non-hydrogen) atoms. The van der Waals surface area contributed by atoms with Crippen molar-refractivity contribution in [1.82, 2.24) is 0 Å². The highest BCUT2D eigenvalue weighted by atomic mass is 16.5. The van der Waals surface area contributed by atoms with E-state index in [1.807, 2.05) is 61.5 Å². The van der Waals surface area contributed by atoms with E-state index in [-0.39, 0.29) is 5.57 Å². The molecule has 148 valence electrons. The van der Waals surface area contributed by atoms with Crippen LogP contribution in [-0.4, -0.2) is 24.3 Å². The van der Waals surface area contributed by atoms with Crippen molar-refractivity contribution in [3.05, 3.63) is 95.1 Å². The number of carbonyl (C=O) groups is 1. The molecule has 4 nitrogen and oxygen atoms in total. The SMILES string of the molecule is Cc1ccc(OCCOc2ccc(C=C(C(=O)O)c3ccccc3)cc2)c(C)c1. The summed E-state index contributed by atoms with van der Waals surface area (Å²) in [5, 5.41) is 9.51. The van der Waals surface area contributed by atoms with Gasteiger partial charge in [-0.1, -0.05) is 60.2 Å². The van der Waals surface area contributed by atoms with Crippen LogP contribution in [0.15, 0.2) is 72.8 Å². The van der Waals surface area contributed by atoms with E-state index < -0.39 is 5.97 Å². The summed E-state index contributed by atoms with van der Waals surface area (Å²) in [4.78, 5) is 11.6. The first kappa shape index (κ1) is 20.2. The summed E-state index contributed by atoms with van der Waals surface area (Å²) in [6, 6.07) is 22.5. The molecule has 0 aliphatic heterocycles. The molecule has 3 aromatic rings. The first-order valence-corrected chi connectivity index (χ1v) is 9.46. The van der Waals surface area contributed by atoms with Crippen LogP contribution in [0.3, 0.4) is 0 Å². The Balaban J connectivity index is 1.57. The van der Waals surface area contributed by atoms with Gasteiger partial charge in [-0.25, -0.2) is 4.79 Å². The van der Waals surface area contributed by atoms with Crippen molar-refractivity contribution < 1.29 is 19.4 Å². The fourth-order valence-electron chi connectivity index (χ4n) is 2.99. The Hall–Kier alpha value is -3.53. The third-order valence-electron chi connectivity index (χ3n) is 4.45. The van der Waals surface area contributed by atoms with Gasteiger partial charge in [0.2, 0.25) is 0 Å². The number of carboxylic acids is 1. The van der Waals surface area contributed by atoms with Crippen LogP contribution in [0.1, 0.15) is 22.3 Å². The Labute approximate surface area is 171 Å². The van der Waals surface area contributed by atoms with Crippen LogP contribution in [0.2, 0.25) is 0 Å². The maximum absolute atomic E-state index is 11.6. The number of hydrogen-bond acceptors (Lipinski definition) is 3. The van der Waals surface area contributed by atoms with Gasteiger partial charge < -0.3 is 14.6 Å². The molecule has 0 fully saturated rings. The zero-order valence-corrected chi connectivity index (χ0v) is 16.6. The number of hydrogen-bond donors (Lipinski definition) is 1. The molecule has 0 spiro atoms. The first-order chi connectivity index (χ1) is 14.0. The van der Waals surface area contributed by atoms with Crippen molar-refractivity contribution in [3.8, 4) is 11.5 Å². The van der Waals surface area contributed by atoms with Gasteiger partial charge in [-0.05, 0) is 54.8 Å². The normalized spacial score (nSPS) is 11.2. The molecule has 0 saturated carbocycles. The van der Waals surface area contributed by atoms with Crippen LogP contribution in [0, 0.1) is 13.8 Å². The van der Waals surface area contributed by atoms with E-state index in [1.165, 1.54) is 5.56 Å². The van der Waals surface area contributed by atoms with Gasteiger partial charge in [-0.2, -0.15) is 0 Å². The van der Waals surface area contributed by atoms with Crippen LogP contribution in [0.4, 0.5) is 0 Å². The van der Waals surface area contributed by atoms with Gasteiger partial charge in [0.05, 0.1) is 5.57 Å². The third-order valence-corrected chi connectivity index (χ3v) is 4.45. The second-order valence-corrected chi connectivity index (χ2v) is 6.76. The van der Waals surface area contributed by atoms with Crippen LogP contribution in [0.25, 0.3) is 11.6 Å². The van der Waals surface area contributed by atoms with Gasteiger partial charge in [0.25, 0.3) is 0 Å². The smallest absolute Gasteiger partial charge is 0.336 e. The average Bonchev–Trinajstić information content (AvgIpc) is 2.72. The molecule has 0 aliphatic rings. The molecule has 0 saturated heterocycles. The van der Waals surface area contributed by atoms with Gasteiger partial charge in [-0.15, -0.1) is 0 Å². The topological polar surface area (TPSA) is 55.8 Å². The Morgan fingerprint density at radius 3 is 2.24 bits per heavy atom. The highest BCUT2D eigenvalue weighted by Gasteiger charge is 2.10. The van der Waals surface area contributed by atoms with Crippen LogP contribution < -0.4 is 9.47 Å². The summed E-state index contributed by atoms with van der Waals surface area (Å²) >= 11 is 0. The van der Waals surface area contributed by atoms with Crippen molar-refractivity contribution in [2.24, 2.45) is 0 Å². The minimum absolute atomic E-state index is 0.251. The first-order valence-electron chi connectivity index (χ1n) is 9.46. The van der Waals surface area contributed by atoms with Crippen molar-refractivity contribution >= 4 is 17.6 Å². The Kier molecular flexibility index (Phi) is 6.69. The van der Waals surface area contributed by atoms with Gasteiger partial charge in [0, 0.05) is 0 Å². The molecule has 0 amide bonds. The minimum Gasteiger partial charge on any atom is -0.490 e. The molecule has 0 heterocycles. The molecule has 4 heteroatoms. The van der Waals surface area contributed by atoms with Gasteiger partial charge in [0.1, 0.15) is 24.7 Å². The van der Waals surface area contributed by atoms with Crippen LogP contribution >= 0.6 is 0 Å².